The average molecular weight is 960 g/mol. The van der Waals surface area contributed by atoms with Gasteiger partial charge in [0.05, 0.1) is 6.61 Å². The van der Waals surface area contributed by atoms with Crippen molar-refractivity contribution in [1.29, 1.82) is 0 Å². The monoisotopic (exact) mass is 960 g/mol. The fourth-order valence-corrected chi connectivity index (χ4v) is 6.62. The van der Waals surface area contributed by atoms with Gasteiger partial charge in [-0.25, -0.2) is 0 Å². The van der Waals surface area contributed by atoms with E-state index in [1.807, 2.05) is 158 Å². The Kier molecular flexibility index (Phi) is 21.0. The first-order valence-corrected chi connectivity index (χ1v) is 20.5. The molecule has 0 atom stereocenters. The third-order valence-electron chi connectivity index (χ3n) is 9.66. The van der Waals surface area contributed by atoms with Crippen molar-refractivity contribution in [3.8, 4) is 33.8 Å². The summed E-state index contributed by atoms with van der Waals surface area (Å²) in [6.07, 6.45) is 0.893. The maximum atomic E-state index is 11.3. The van der Waals surface area contributed by atoms with Crippen LogP contribution in [0.5, 0.6) is 11.5 Å². The normalized spacial score (nSPS) is 10.1. The third-order valence-corrected chi connectivity index (χ3v) is 9.66. The van der Waals surface area contributed by atoms with E-state index in [0.717, 1.165) is 63.2 Å². The molecule has 4 heteroatoms. The van der Waals surface area contributed by atoms with Crippen LogP contribution >= 0.6 is 0 Å². The number of aromatic hydroxyl groups is 1. The summed E-state index contributed by atoms with van der Waals surface area (Å²) in [6, 6.07) is 58.4. The molecular weight excluding hydrogens is 897 g/mol. The average Bonchev–Trinajstić information content (AvgIpc) is 3.24. The van der Waals surface area contributed by atoms with Crippen molar-refractivity contribution in [1.82, 2.24) is 0 Å². The van der Waals surface area contributed by atoms with E-state index >= 15 is 0 Å². The number of nitrogens with zero attached hydrogens (tertiary/aromatic N) is 1. The van der Waals surface area contributed by atoms with E-state index in [0.29, 0.717) is 18.4 Å². The molecule has 7 aromatic carbocycles. The van der Waals surface area contributed by atoms with E-state index in [4.69, 9.17) is 4.74 Å². The van der Waals surface area contributed by atoms with Crippen LogP contribution in [0.15, 0.2) is 176 Å². The number of benzene rings is 7. The molecule has 0 heterocycles. The summed E-state index contributed by atoms with van der Waals surface area (Å²) in [4.78, 5) is 2.39. The van der Waals surface area contributed by atoms with Crippen molar-refractivity contribution in [3.05, 3.63) is 230 Å². The molecule has 0 saturated carbocycles. The van der Waals surface area contributed by atoms with Crippen molar-refractivity contribution in [2.75, 3.05) is 25.1 Å². The van der Waals surface area contributed by atoms with Crippen LogP contribution < -0.4 is 9.64 Å². The minimum Gasteiger partial charge on any atom is -0.507 e. The van der Waals surface area contributed by atoms with E-state index in [1.165, 1.54) is 16.8 Å². The number of aryl methyl sites for hydroxylation is 1. The summed E-state index contributed by atoms with van der Waals surface area (Å²) < 4.78 is 6.34. The number of para-hydroxylation sites is 2. The molecule has 0 aliphatic carbocycles. The summed E-state index contributed by atoms with van der Waals surface area (Å²) >= 11 is 0. The molecule has 3 nitrogen and oxygen atoms in total. The van der Waals surface area contributed by atoms with Gasteiger partial charge in [0.2, 0.25) is 0 Å². The summed E-state index contributed by atoms with van der Waals surface area (Å²) in [5.41, 5.74) is 12.0. The quantitative estimate of drug-likeness (QED) is 0.0842. The van der Waals surface area contributed by atoms with Gasteiger partial charge in [-0.3, -0.25) is 0 Å². The van der Waals surface area contributed by atoms with Crippen LogP contribution in [0.1, 0.15) is 79.3 Å². The molecule has 0 bridgehead atoms. The van der Waals surface area contributed by atoms with Gasteiger partial charge in [-0.15, -0.1) is 36.4 Å². The Morgan fingerprint density at radius 1 is 0.533 bits per heavy atom. The van der Waals surface area contributed by atoms with Gasteiger partial charge >= 0.3 is 25.8 Å². The molecule has 60 heavy (non-hydrogen) atoms. The van der Waals surface area contributed by atoms with Crippen LogP contribution in [0, 0.1) is 27.7 Å². The zero-order valence-electron chi connectivity index (χ0n) is 36.4. The fourth-order valence-electron chi connectivity index (χ4n) is 6.62. The predicted molar refractivity (Wildman–Crippen MR) is 254 cm³/mol. The Morgan fingerprint density at radius 2 is 0.950 bits per heavy atom. The minimum absolute atomic E-state index is 0. The van der Waals surface area contributed by atoms with E-state index < -0.39 is 0 Å². The number of anilines is 1. The number of hydrogen-bond acceptors (Lipinski definition) is 3. The van der Waals surface area contributed by atoms with Crippen LogP contribution in [0.4, 0.5) is 5.69 Å². The van der Waals surface area contributed by atoms with E-state index in [2.05, 4.69) is 85.5 Å². The molecule has 7 aromatic rings. The molecule has 0 spiro atoms. The Morgan fingerprint density at radius 3 is 1.38 bits per heavy atom. The molecule has 0 radical (unpaired) electrons. The van der Waals surface area contributed by atoms with Crippen molar-refractivity contribution in [3.63, 3.8) is 0 Å². The first-order chi connectivity index (χ1) is 28.5. The summed E-state index contributed by atoms with van der Waals surface area (Å²) in [5.74, 6) is 2.01. The zero-order valence-corrected chi connectivity index (χ0v) is 40.0. The van der Waals surface area contributed by atoms with E-state index in [-0.39, 0.29) is 31.6 Å². The molecule has 0 aromatic heterocycles. The first kappa shape index (κ1) is 48.8. The summed E-state index contributed by atoms with van der Waals surface area (Å²) in [7, 11) is 2.19. The Labute approximate surface area is 380 Å². The van der Waals surface area contributed by atoms with Crippen LogP contribution in [-0.4, -0.2) is 25.3 Å². The Bertz CT molecular complexity index is 2120. The Hall–Kier alpha value is -5.58. The van der Waals surface area contributed by atoms with Crippen molar-refractivity contribution < 1.29 is 35.7 Å². The van der Waals surface area contributed by atoms with Crippen LogP contribution in [0.2, 0.25) is 0 Å². The number of phenolic OH excluding ortho intramolecular Hbond substituents is 1. The van der Waals surface area contributed by atoms with Crippen LogP contribution in [-0.2, 0) is 25.8 Å². The second kappa shape index (κ2) is 25.8. The number of rotatable bonds is 10. The third kappa shape index (κ3) is 15.5. The standard InChI is InChI=1S/C35H41NO2.3C7H7.Hf/c1-24(2)28-17-12-18-29(25(3)4)34(28)36(6)20-13-21-38-33-19-11-10-16-30(33)32-23-26(5)22-31(35(32)37)27-14-8-7-9-15-27;3*1-7-5-3-2-4-6-7;/h7-12,14-19,22-25,37H,13,20-21H2,1-6H3;3*2-6H,1H2;/q;3*-1;+4. The van der Waals surface area contributed by atoms with Gasteiger partial charge in [0, 0.05) is 36.0 Å². The SMILES string of the molecule is Cc1cc(-c2ccccc2)c(O)c(-c2ccccc2OCCCN(C)c2c(C(C)C)cccc2C(C)C)c1.[CH2-]c1ccccc1.[CH2-]c1ccccc1.[CH2-]c1ccccc1.[Hf+4]. The van der Waals surface area contributed by atoms with Gasteiger partial charge < -0.3 is 14.7 Å². The molecule has 0 fully saturated rings. The summed E-state index contributed by atoms with van der Waals surface area (Å²) in [5, 5.41) is 11.3. The van der Waals surface area contributed by atoms with Crippen molar-refractivity contribution >= 4 is 5.69 Å². The minimum atomic E-state index is 0. The van der Waals surface area contributed by atoms with Gasteiger partial charge in [-0.1, -0.05) is 113 Å². The predicted octanol–water partition coefficient (Wildman–Crippen LogP) is 14.8. The molecule has 7 rings (SSSR count). The fraction of sp³-hybridized carbons (Fsp3) is 0.196. The largest absolute Gasteiger partial charge is 4.00 e. The van der Waals surface area contributed by atoms with Gasteiger partial charge in [-0.2, -0.15) is 73.9 Å². The molecule has 0 amide bonds. The van der Waals surface area contributed by atoms with E-state index in [9.17, 15) is 5.11 Å². The molecule has 1 N–H and O–H groups in total. The van der Waals surface area contributed by atoms with Crippen LogP contribution in [0.3, 0.4) is 0 Å². The smallest absolute Gasteiger partial charge is 0.507 e. The molecule has 0 aliphatic rings. The molecular formula is C56H62HfNO2+. The summed E-state index contributed by atoms with van der Waals surface area (Å²) in [6.45, 7) is 23.8. The maximum absolute atomic E-state index is 11.3. The van der Waals surface area contributed by atoms with E-state index in [1.54, 1.807) is 0 Å². The number of ether oxygens (including phenoxy) is 1. The van der Waals surface area contributed by atoms with Crippen molar-refractivity contribution in [2.45, 2.75) is 52.9 Å². The number of phenols is 1. The van der Waals surface area contributed by atoms with Gasteiger partial charge in [-0.05, 0) is 65.6 Å². The molecule has 0 aliphatic heterocycles. The second-order valence-electron chi connectivity index (χ2n) is 15.2. The Balaban J connectivity index is 0.000000350. The second-order valence-corrected chi connectivity index (χ2v) is 15.2. The topological polar surface area (TPSA) is 32.7 Å². The zero-order chi connectivity index (χ0) is 42.6. The van der Waals surface area contributed by atoms with Crippen molar-refractivity contribution in [2.24, 2.45) is 0 Å². The molecule has 306 valence electrons. The first-order valence-electron chi connectivity index (χ1n) is 20.5. The van der Waals surface area contributed by atoms with Gasteiger partial charge in [0.15, 0.2) is 0 Å². The van der Waals surface area contributed by atoms with Crippen LogP contribution in [0.25, 0.3) is 22.3 Å². The number of hydrogen-bond donors (Lipinski definition) is 1. The molecule has 0 saturated heterocycles. The molecule has 0 unspecified atom stereocenters. The van der Waals surface area contributed by atoms with Gasteiger partial charge in [0.1, 0.15) is 11.5 Å². The maximum Gasteiger partial charge on any atom is 4.00 e. The van der Waals surface area contributed by atoms with Gasteiger partial charge in [0.25, 0.3) is 0 Å².